The van der Waals surface area contributed by atoms with E-state index >= 15 is 0 Å². The van der Waals surface area contributed by atoms with Gasteiger partial charge < -0.3 is 10.2 Å². The monoisotopic (exact) mass is 390 g/mol. The van der Waals surface area contributed by atoms with Gasteiger partial charge in [-0.15, -0.1) is 5.10 Å². The largest absolute Gasteiger partial charge is 0.326 e. The maximum atomic E-state index is 12.8. The third kappa shape index (κ3) is 3.61. The minimum atomic E-state index is -0.400. The summed E-state index contributed by atoms with van der Waals surface area (Å²) in [7, 11) is 1.76. The highest BCUT2D eigenvalue weighted by molar-refractivity contribution is 6.04. The molecule has 1 aliphatic rings. The van der Waals surface area contributed by atoms with Crippen LogP contribution in [0.4, 0.5) is 11.4 Å². The van der Waals surface area contributed by atoms with Crippen LogP contribution in [0.3, 0.4) is 0 Å². The molecular weight excluding hydrogens is 368 g/mol. The molecule has 8 heteroatoms. The van der Waals surface area contributed by atoms with Crippen LogP contribution in [0.25, 0.3) is 11.4 Å². The molecule has 0 unspecified atom stereocenters. The van der Waals surface area contributed by atoms with Gasteiger partial charge in [-0.3, -0.25) is 9.59 Å². The van der Waals surface area contributed by atoms with Crippen LogP contribution in [0.1, 0.15) is 17.5 Å². The van der Waals surface area contributed by atoms with Crippen molar-refractivity contribution in [2.75, 3.05) is 16.8 Å². The zero-order valence-corrected chi connectivity index (χ0v) is 16.6. The average molecular weight is 390 g/mol. The Morgan fingerprint density at radius 1 is 1.17 bits per heavy atom. The molecule has 4 rings (SSSR count). The first-order valence-electron chi connectivity index (χ1n) is 9.44. The van der Waals surface area contributed by atoms with E-state index in [4.69, 9.17) is 0 Å². The first kappa shape index (κ1) is 18.8. The Morgan fingerprint density at radius 2 is 1.97 bits per heavy atom. The van der Waals surface area contributed by atoms with E-state index in [0.29, 0.717) is 18.1 Å². The third-order valence-corrected chi connectivity index (χ3v) is 5.37. The van der Waals surface area contributed by atoms with Crippen molar-refractivity contribution in [2.45, 2.75) is 20.3 Å². The lowest BCUT2D eigenvalue weighted by Gasteiger charge is -2.20. The van der Waals surface area contributed by atoms with Gasteiger partial charge in [-0.25, -0.2) is 4.68 Å². The number of hydrogen-bond acceptors (Lipinski definition) is 5. The Kier molecular flexibility index (Phi) is 4.84. The quantitative estimate of drug-likeness (QED) is 0.739. The van der Waals surface area contributed by atoms with Gasteiger partial charge in [0.05, 0.1) is 5.92 Å². The number of rotatable bonds is 4. The zero-order chi connectivity index (χ0) is 20.5. The molecule has 2 amide bonds. The number of carbonyl (C=O) groups excluding carboxylic acids is 2. The van der Waals surface area contributed by atoms with E-state index in [1.165, 1.54) is 0 Å². The smallest absolute Gasteiger partial charge is 0.229 e. The Balaban J connectivity index is 1.49. The van der Waals surface area contributed by atoms with Crippen molar-refractivity contribution in [3.63, 3.8) is 0 Å². The van der Waals surface area contributed by atoms with Crippen LogP contribution in [-0.2, 0) is 16.6 Å². The molecule has 0 radical (unpaired) electrons. The molecule has 0 saturated carbocycles. The number of benzene rings is 2. The van der Waals surface area contributed by atoms with Crippen LogP contribution in [0.5, 0.6) is 0 Å². The molecule has 29 heavy (non-hydrogen) atoms. The molecule has 1 saturated heterocycles. The summed E-state index contributed by atoms with van der Waals surface area (Å²) in [4.78, 5) is 27.1. The molecule has 0 bridgehead atoms. The van der Waals surface area contributed by atoms with Crippen LogP contribution in [0.15, 0.2) is 42.5 Å². The second-order valence-corrected chi connectivity index (χ2v) is 7.32. The van der Waals surface area contributed by atoms with Gasteiger partial charge >= 0.3 is 0 Å². The summed E-state index contributed by atoms with van der Waals surface area (Å²) in [5.74, 6) is 0.0120. The van der Waals surface area contributed by atoms with Gasteiger partial charge in [0, 0.05) is 37.0 Å². The predicted molar refractivity (Wildman–Crippen MR) is 109 cm³/mol. The molecule has 1 aliphatic heterocycles. The van der Waals surface area contributed by atoms with E-state index in [2.05, 4.69) is 20.8 Å². The summed E-state index contributed by atoms with van der Waals surface area (Å²) in [5.41, 5.74) is 4.51. The van der Waals surface area contributed by atoms with Gasteiger partial charge in [-0.05, 0) is 53.6 Å². The van der Waals surface area contributed by atoms with Crippen LogP contribution in [-0.4, -0.2) is 38.6 Å². The minimum Gasteiger partial charge on any atom is -0.326 e. The van der Waals surface area contributed by atoms with Crippen molar-refractivity contribution < 1.29 is 9.59 Å². The summed E-state index contributed by atoms with van der Waals surface area (Å²) in [5, 5.41) is 14.4. The molecule has 148 valence electrons. The second-order valence-electron chi connectivity index (χ2n) is 7.32. The van der Waals surface area contributed by atoms with Gasteiger partial charge in [0.2, 0.25) is 11.8 Å². The Hall–Kier alpha value is -3.55. The van der Waals surface area contributed by atoms with Crippen molar-refractivity contribution in [3.8, 4) is 11.4 Å². The number of aryl methyl sites for hydroxylation is 2. The molecule has 0 spiro atoms. The average Bonchev–Trinajstić information content (AvgIpc) is 3.30. The van der Waals surface area contributed by atoms with Crippen LogP contribution < -0.4 is 10.2 Å². The van der Waals surface area contributed by atoms with E-state index in [-0.39, 0.29) is 18.2 Å². The topological polar surface area (TPSA) is 93.0 Å². The summed E-state index contributed by atoms with van der Waals surface area (Å²) in [6.07, 6.45) is 0.201. The van der Waals surface area contributed by atoms with E-state index in [1.54, 1.807) is 16.6 Å². The molecule has 2 heterocycles. The van der Waals surface area contributed by atoms with E-state index in [1.807, 2.05) is 56.3 Å². The van der Waals surface area contributed by atoms with Crippen molar-refractivity contribution in [1.82, 2.24) is 20.2 Å². The van der Waals surface area contributed by atoms with Crippen LogP contribution in [0, 0.1) is 19.8 Å². The van der Waals surface area contributed by atoms with E-state index in [0.717, 1.165) is 22.4 Å². The van der Waals surface area contributed by atoms with Crippen molar-refractivity contribution in [1.29, 1.82) is 0 Å². The van der Waals surface area contributed by atoms with Gasteiger partial charge in [-0.2, -0.15) is 0 Å². The lowest BCUT2D eigenvalue weighted by atomic mass is 10.1. The number of anilines is 2. The molecule has 0 aliphatic carbocycles. The van der Waals surface area contributed by atoms with E-state index in [9.17, 15) is 9.59 Å². The number of nitrogens with zero attached hydrogens (tertiary/aromatic N) is 5. The van der Waals surface area contributed by atoms with Crippen molar-refractivity contribution in [2.24, 2.45) is 13.0 Å². The van der Waals surface area contributed by atoms with Gasteiger partial charge in [0.15, 0.2) is 5.82 Å². The maximum Gasteiger partial charge on any atom is 0.229 e. The maximum absolute atomic E-state index is 12.8. The zero-order valence-electron chi connectivity index (χ0n) is 16.6. The predicted octanol–water partition coefficient (Wildman–Crippen LogP) is 2.49. The number of tetrazole rings is 1. The molecule has 1 aromatic heterocycles. The van der Waals surface area contributed by atoms with E-state index < -0.39 is 5.92 Å². The molecule has 1 fully saturated rings. The molecule has 1 N–H and O–H groups in total. The van der Waals surface area contributed by atoms with Gasteiger partial charge in [-0.1, -0.05) is 24.3 Å². The lowest BCUT2D eigenvalue weighted by Crippen LogP contribution is -2.28. The second kappa shape index (κ2) is 7.46. The Bertz CT molecular complexity index is 1090. The normalized spacial score (nSPS) is 16.3. The minimum absolute atomic E-state index is 0.0299. The van der Waals surface area contributed by atoms with Crippen LogP contribution in [0.2, 0.25) is 0 Å². The number of nitrogens with one attached hydrogen (secondary N) is 1. The fourth-order valence-corrected chi connectivity index (χ4v) is 3.60. The molecule has 1 atom stereocenters. The summed E-state index contributed by atoms with van der Waals surface area (Å²) < 4.78 is 1.57. The Morgan fingerprint density at radius 3 is 2.72 bits per heavy atom. The molecule has 2 aromatic carbocycles. The fourth-order valence-electron chi connectivity index (χ4n) is 3.60. The highest BCUT2D eigenvalue weighted by Gasteiger charge is 2.35. The fraction of sp³-hybridized carbons (Fsp3) is 0.286. The van der Waals surface area contributed by atoms with Gasteiger partial charge in [0.1, 0.15) is 0 Å². The summed E-state index contributed by atoms with van der Waals surface area (Å²) in [6, 6.07) is 13.2. The first-order valence-corrected chi connectivity index (χ1v) is 9.44. The summed E-state index contributed by atoms with van der Waals surface area (Å²) in [6.45, 7) is 4.39. The number of carbonyl (C=O) groups is 2. The summed E-state index contributed by atoms with van der Waals surface area (Å²) >= 11 is 0. The van der Waals surface area contributed by atoms with Crippen molar-refractivity contribution in [3.05, 3.63) is 53.6 Å². The highest BCUT2D eigenvalue weighted by atomic mass is 16.2. The standard InChI is InChI=1S/C21H22N6O2/c1-13-6-4-9-18(14(13)2)27-12-16(11-19(27)28)21(29)22-17-8-5-7-15(10-17)20-23-24-25-26(20)3/h4-10,16H,11-12H2,1-3H3,(H,22,29)/t16-/m0/s1. The molecule has 8 nitrogen and oxygen atoms in total. The molecular formula is C21H22N6O2. The number of aromatic nitrogens is 4. The van der Waals surface area contributed by atoms with Crippen LogP contribution >= 0.6 is 0 Å². The number of hydrogen-bond donors (Lipinski definition) is 1. The van der Waals surface area contributed by atoms with Crippen molar-refractivity contribution >= 4 is 23.2 Å². The first-order chi connectivity index (χ1) is 13.9. The third-order valence-electron chi connectivity index (χ3n) is 5.37. The number of amides is 2. The highest BCUT2D eigenvalue weighted by Crippen LogP contribution is 2.30. The lowest BCUT2D eigenvalue weighted by molar-refractivity contribution is -0.122. The Labute approximate surface area is 168 Å². The molecule has 3 aromatic rings. The SMILES string of the molecule is Cc1cccc(N2C[C@@H](C(=O)Nc3cccc(-c4nnnn4C)c3)CC2=O)c1C. The van der Waals surface area contributed by atoms with Gasteiger partial charge in [0.25, 0.3) is 0 Å².